The van der Waals surface area contributed by atoms with Crippen LogP contribution in [0.3, 0.4) is 0 Å². The molecule has 0 aliphatic carbocycles. The van der Waals surface area contributed by atoms with Crippen LogP contribution in [0.1, 0.15) is 6.92 Å². The summed E-state index contributed by atoms with van der Waals surface area (Å²) in [7, 11) is 0. The van der Waals surface area contributed by atoms with E-state index < -0.39 is 18.1 Å². The molecule has 1 aliphatic heterocycles. The van der Waals surface area contributed by atoms with Crippen molar-refractivity contribution >= 4 is 5.91 Å². The summed E-state index contributed by atoms with van der Waals surface area (Å²) in [5, 5.41) is 10.4. The van der Waals surface area contributed by atoms with E-state index in [2.05, 4.69) is 0 Å². The minimum atomic E-state index is -0.797. The highest BCUT2D eigenvalue weighted by molar-refractivity contribution is 5.83. The predicted octanol–water partition coefficient (Wildman–Crippen LogP) is 0.812. The van der Waals surface area contributed by atoms with Gasteiger partial charge in [0.2, 0.25) is 6.10 Å². The second-order valence-electron chi connectivity index (χ2n) is 3.41. The quantitative estimate of drug-likeness (QED) is 0.559. The molecule has 5 heteroatoms. The molecule has 0 saturated carbocycles. The number of carbonyl (C=O) groups is 1. The number of hydrogen-bond acceptors (Lipinski definition) is 4. The van der Waals surface area contributed by atoms with Gasteiger partial charge in [0.25, 0.3) is 5.91 Å². The monoisotopic (exact) mass is 218 g/mol. The van der Waals surface area contributed by atoms with Gasteiger partial charge >= 0.3 is 0 Å². The Hall–Kier alpha value is -2.22. The molecule has 0 aromatic heterocycles. The molecule has 1 N–H and O–H groups in total. The zero-order chi connectivity index (χ0) is 11.5. The average Bonchev–Trinajstić information content (AvgIpc) is 2.28. The summed E-state index contributed by atoms with van der Waals surface area (Å²) >= 11 is 0. The highest BCUT2D eigenvalue weighted by atomic mass is 16.6. The smallest absolute Gasteiger partial charge is 0.277 e. The first-order valence-corrected chi connectivity index (χ1v) is 4.83. The maximum absolute atomic E-state index is 11.5. The summed E-state index contributed by atoms with van der Waals surface area (Å²) in [6.07, 6.45) is 0.350. The lowest BCUT2D eigenvalue weighted by Gasteiger charge is -2.30. The number of nitrogens with zero attached hydrogens (tertiary/aromatic N) is 1. The molecule has 0 radical (unpaired) electrons. The summed E-state index contributed by atoms with van der Waals surface area (Å²) in [5.41, 5.74) is 0. The van der Waals surface area contributed by atoms with Crippen LogP contribution in [0.4, 0.5) is 0 Å². The molecule has 1 aromatic carbocycles. The molecule has 0 fully saturated rings. The van der Waals surface area contributed by atoms with Crippen molar-refractivity contribution in [3.63, 3.8) is 0 Å². The Balaban J connectivity index is 2.22. The number of para-hydroxylation sites is 2. The van der Waals surface area contributed by atoms with Crippen molar-refractivity contribution in [3.8, 4) is 17.7 Å². The fourth-order valence-corrected chi connectivity index (χ4v) is 1.53. The minimum Gasteiger partial charge on any atom is -0.482 e. The van der Waals surface area contributed by atoms with Crippen LogP contribution >= 0.6 is 0 Å². The molecule has 1 amide bonds. The lowest BCUT2D eigenvalue weighted by Crippen LogP contribution is -2.47. The summed E-state index contributed by atoms with van der Waals surface area (Å²) in [6.45, 7) is 1.72. The van der Waals surface area contributed by atoms with Crippen molar-refractivity contribution in [2.75, 3.05) is 0 Å². The van der Waals surface area contributed by atoms with Crippen LogP contribution in [0.15, 0.2) is 24.3 Å². The Kier molecular flexibility index (Phi) is 2.64. The molecule has 2 atom stereocenters. The normalized spacial score (nSPS) is 22.0. The van der Waals surface area contributed by atoms with Crippen molar-refractivity contribution in [1.29, 1.82) is 5.26 Å². The fraction of sp³-hybridized carbons (Fsp3) is 0.273. The zero-order valence-corrected chi connectivity index (χ0v) is 8.64. The largest absolute Gasteiger partial charge is 0.482 e. The van der Waals surface area contributed by atoms with Gasteiger partial charge in [-0.2, -0.15) is 5.26 Å². The predicted molar refractivity (Wildman–Crippen MR) is 54.7 cm³/mol. The topological polar surface area (TPSA) is 71.3 Å². The Morgan fingerprint density at radius 3 is 2.62 bits per heavy atom. The number of carbonyl (C=O) groups excluding carboxylic acids is 1. The first-order valence-electron chi connectivity index (χ1n) is 4.83. The van der Waals surface area contributed by atoms with Crippen LogP contribution in [0.25, 0.3) is 0 Å². The Bertz CT molecular complexity index is 453. The van der Waals surface area contributed by atoms with E-state index in [1.165, 1.54) is 0 Å². The highest BCUT2D eigenvalue weighted by Gasteiger charge is 2.33. The molecular weight excluding hydrogens is 208 g/mol. The standard InChI is InChI=1S/C11H10N2O3/c1-7-10(11(14)13-6-12)16-9-5-3-2-4-8(9)15-7/h2-5,7,10H,1H3,(H,13,14). The third-order valence-electron chi connectivity index (χ3n) is 2.28. The molecule has 16 heavy (non-hydrogen) atoms. The zero-order valence-electron chi connectivity index (χ0n) is 8.64. The fourth-order valence-electron chi connectivity index (χ4n) is 1.53. The van der Waals surface area contributed by atoms with E-state index in [-0.39, 0.29) is 0 Å². The van der Waals surface area contributed by atoms with E-state index in [0.29, 0.717) is 11.5 Å². The number of fused-ring (bicyclic) bond motifs is 1. The number of ether oxygens (including phenoxy) is 2. The van der Waals surface area contributed by atoms with Crippen molar-refractivity contribution < 1.29 is 14.3 Å². The molecule has 0 bridgehead atoms. The minimum absolute atomic E-state index is 0.428. The van der Waals surface area contributed by atoms with E-state index in [0.717, 1.165) is 0 Å². The van der Waals surface area contributed by atoms with Gasteiger partial charge in [0.1, 0.15) is 6.10 Å². The van der Waals surface area contributed by atoms with Crippen LogP contribution in [0.2, 0.25) is 0 Å². The van der Waals surface area contributed by atoms with Crippen molar-refractivity contribution in [2.45, 2.75) is 19.1 Å². The Morgan fingerprint density at radius 2 is 2.00 bits per heavy atom. The number of nitrogens with one attached hydrogen (secondary N) is 1. The van der Waals surface area contributed by atoms with Gasteiger partial charge in [0, 0.05) is 0 Å². The first-order chi connectivity index (χ1) is 7.72. The molecular formula is C11H10N2O3. The Labute approximate surface area is 92.6 Å². The van der Waals surface area contributed by atoms with Gasteiger partial charge in [-0.1, -0.05) is 12.1 Å². The van der Waals surface area contributed by atoms with Gasteiger partial charge in [-0.05, 0) is 19.1 Å². The number of nitriles is 1. The average molecular weight is 218 g/mol. The second kappa shape index (κ2) is 4.11. The van der Waals surface area contributed by atoms with Crippen LogP contribution in [0.5, 0.6) is 11.5 Å². The Morgan fingerprint density at radius 1 is 1.38 bits per heavy atom. The summed E-state index contributed by atoms with van der Waals surface area (Å²) < 4.78 is 11.0. The van der Waals surface area contributed by atoms with Gasteiger partial charge < -0.3 is 9.47 Å². The molecule has 1 heterocycles. The lowest BCUT2D eigenvalue weighted by molar-refractivity contribution is -0.132. The summed E-state index contributed by atoms with van der Waals surface area (Å²) in [4.78, 5) is 11.5. The maximum Gasteiger partial charge on any atom is 0.277 e. The molecule has 1 aliphatic rings. The van der Waals surface area contributed by atoms with E-state index in [1.54, 1.807) is 31.3 Å². The van der Waals surface area contributed by atoms with E-state index >= 15 is 0 Å². The van der Waals surface area contributed by atoms with Crippen LogP contribution in [-0.2, 0) is 4.79 Å². The summed E-state index contributed by atoms with van der Waals surface area (Å²) in [6, 6.07) is 7.10. The van der Waals surface area contributed by atoms with Crippen LogP contribution in [0, 0.1) is 11.5 Å². The van der Waals surface area contributed by atoms with Gasteiger partial charge in [0.05, 0.1) is 0 Å². The SMILES string of the molecule is CC1Oc2ccccc2OC1C(=O)NC#N. The molecule has 2 rings (SSSR count). The van der Waals surface area contributed by atoms with Gasteiger partial charge in [-0.15, -0.1) is 0 Å². The second-order valence-corrected chi connectivity index (χ2v) is 3.41. The summed E-state index contributed by atoms with van der Waals surface area (Å²) in [5.74, 6) is 0.624. The molecule has 2 unspecified atom stereocenters. The van der Waals surface area contributed by atoms with Gasteiger partial charge in [-0.3, -0.25) is 10.1 Å². The van der Waals surface area contributed by atoms with Crippen molar-refractivity contribution in [3.05, 3.63) is 24.3 Å². The van der Waals surface area contributed by atoms with Gasteiger partial charge in [0.15, 0.2) is 17.7 Å². The third-order valence-corrected chi connectivity index (χ3v) is 2.28. The molecule has 5 nitrogen and oxygen atoms in total. The van der Waals surface area contributed by atoms with E-state index in [1.807, 2.05) is 11.4 Å². The molecule has 0 saturated heterocycles. The van der Waals surface area contributed by atoms with Crippen molar-refractivity contribution in [1.82, 2.24) is 5.32 Å². The molecule has 82 valence electrons. The van der Waals surface area contributed by atoms with Crippen molar-refractivity contribution in [2.24, 2.45) is 0 Å². The van der Waals surface area contributed by atoms with Gasteiger partial charge in [-0.25, -0.2) is 0 Å². The van der Waals surface area contributed by atoms with E-state index in [4.69, 9.17) is 14.7 Å². The maximum atomic E-state index is 11.5. The number of benzene rings is 1. The molecule has 0 spiro atoms. The highest BCUT2D eigenvalue weighted by Crippen LogP contribution is 2.33. The van der Waals surface area contributed by atoms with Crippen LogP contribution < -0.4 is 14.8 Å². The number of amides is 1. The third kappa shape index (κ3) is 1.77. The van der Waals surface area contributed by atoms with E-state index in [9.17, 15) is 4.79 Å². The number of rotatable bonds is 1. The first kappa shape index (κ1) is 10.3. The van der Waals surface area contributed by atoms with Crippen LogP contribution in [-0.4, -0.2) is 18.1 Å². The molecule has 1 aromatic rings. The number of hydrogen-bond donors (Lipinski definition) is 1. The lowest BCUT2D eigenvalue weighted by atomic mass is 10.1.